The minimum absolute atomic E-state index is 0.0319. The maximum absolute atomic E-state index is 13.3. The molecule has 1 heterocycles. The molecular formula is C27H45N6O10+. The van der Waals surface area contributed by atoms with Crippen LogP contribution in [0.5, 0.6) is 0 Å². The Bertz CT molecular complexity index is 1170. The van der Waals surface area contributed by atoms with Crippen LogP contribution in [0, 0.1) is 5.41 Å². The molecule has 0 saturated heterocycles. The Morgan fingerprint density at radius 1 is 0.977 bits per heavy atom. The molecule has 0 spiro atoms. The van der Waals surface area contributed by atoms with E-state index in [1.165, 1.54) is 17.0 Å². The second-order valence-electron chi connectivity index (χ2n) is 11.7. The van der Waals surface area contributed by atoms with Crippen molar-refractivity contribution in [2.75, 3.05) is 26.7 Å². The Balaban J connectivity index is 2.88. The van der Waals surface area contributed by atoms with Crippen LogP contribution in [0.4, 0.5) is 4.79 Å². The molecule has 16 nitrogen and oxygen atoms in total. The lowest BCUT2D eigenvalue weighted by molar-refractivity contribution is -0.965. The lowest BCUT2D eigenvalue weighted by Gasteiger charge is -2.50. The third-order valence-electron chi connectivity index (χ3n) is 7.79. The molecule has 43 heavy (non-hydrogen) atoms. The van der Waals surface area contributed by atoms with Crippen LogP contribution >= 0.6 is 0 Å². The molecule has 0 saturated carbocycles. The first kappa shape index (κ1) is 36.8. The molecule has 0 fully saturated rings. The summed E-state index contributed by atoms with van der Waals surface area (Å²) >= 11 is 0. The monoisotopic (exact) mass is 613 g/mol. The molecule has 16 heteroatoms. The topological polar surface area (TPSA) is 237 Å². The zero-order chi connectivity index (χ0) is 33.0. The van der Waals surface area contributed by atoms with Crippen molar-refractivity contribution in [3.8, 4) is 0 Å². The molecule has 0 radical (unpaired) electrons. The van der Waals surface area contributed by atoms with Gasteiger partial charge in [-0.1, -0.05) is 20.8 Å². The van der Waals surface area contributed by atoms with Crippen molar-refractivity contribution in [3.63, 3.8) is 0 Å². The van der Waals surface area contributed by atoms with Gasteiger partial charge in [0.25, 0.3) is 0 Å². The van der Waals surface area contributed by atoms with Crippen LogP contribution in [0.3, 0.4) is 0 Å². The van der Waals surface area contributed by atoms with Gasteiger partial charge in [-0.2, -0.15) is 0 Å². The summed E-state index contributed by atoms with van der Waals surface area (Å²) < 4.78 is 1.43. The molecular weight excluding hydrogens is 568 g/mol. The first-order chi connectivity index (χ1) is 19.9. The zero-order valence-electron chi connectivity index (χ0n) is 25.4. The van der Waals surface area contributed by atoms with Crippen LogP contribution in [-0.2, 0) is 37.1 Å². The molecule has 0 aliphatic carbocycles. The number of hydrogen-bond donors (Lipinski definition) is 7. The number of urea groups is 1. The van der Waals surface area contributed by atoms with Crippen molar-refractivity contribution in [3.05, 3.63) is 18.2 Å². The maximum atomic E-state index is 13.3. The SMILES string of the molecule is CCC(C)(CC(C)(C)C(=O)NCCCCC(NC(=O)NCC(=O)O)C(=O)O)[N+](C)(CC(=O)O)Cc1nccn1CC(=O)O. The molecule has 1 aromatic rings. The second-order valence-corrected chi connectivity index (χ2v) is 11.7. The highest BCUT2D eigenvalue weighted by atomic mass is 16.4. The molecule has 7 N–H and O–H groups in total. The van der Waals surface area contributed by atoms with E-state index in [2.05, 4.69) is 15.6 Å². The number of unbranched alkanes of at least 4 members (excludes halogenated alkanes) is 1. The number of hydrogen-bond acceptors (Lipinski definition) is 7. The Morgan fingerprint density at radius 3 is 2.16 bits per heavy atom. The minimum atomic E-state index is -1.28. The van der Waals surface area contributed by atoms with E-state index in [1.807, 2.05) is 19.2 Å². The van der Waals surface area contributed by atoms with E-state index >= 15 is 0 Å². The van der Waals surface area contributed by atoms with Gasteiger partial charge in [0, 0.05) is 30.8 Å². The fourth-order valence-electron chi connectivity index (χ4n) is 5.10. The van der Waals surface area contributed by atoms with Gasteiger partial charge in [-0.15, -0.1) is 0 Å². The number of carboxylic acids is 4. The molecule has 3 unspecified atom stereocenters. The van der Waals surface area contributed by atoms with E-state index in [1.54, 1.807) is 20.9 Å². The molecule has 3 atom stereocenters. The molecule has 0 aliphatic heterocycles. The van der Waals surface area contributed by atoms with Crippen LogP contribution in [0.15, 0.2) is 12.4 Å². The number of carboxylic acid groups (broad SMARTS) is 4. The normalized spacial score (nSPS) is 14.9. The van der Waals surface area contributed by atoms with Gasteiger partial charge in [-0.25, -0.2) is 19.4 Å². The Hall–Kier alpha value is -4.21. The van der Waals surface area contributed by atoms with Gasteiger partial charge in [-0.05, 0) is 32.6 Å². The predicted octanol–water partition coefficient (Wildman–Crippen LogP) is 0.707. The van der Waals surface area contributed by atoms with Crippen molar-refractivity contribution >= 4 is 35.8 Å². The number of likely N-dealkylation sites (N-methyl/N-ethyl adjacent to an activating group) is 1. The molecule has 1 rings (SSSR count). The van der Waals surface area contributed by atoms with Gasteiger partial charge in [0.2, 0.25) is 5.91 Å². The molecule has 0 aliphatic rings. The predicted molar refractivity (Wildman–Crippen MR) is 152 cm³/mol. The smallest absolute Gasteiger partial charge is 0.359 e. The standard InChI is InChI=1S/C27H44N6O10/c1-6-27(4,33(5,16-22(38)39)15-19-28-11-12-32(19)14-21(36)37)17-26(2,3)24(42)29-10-8-7-9-18(23(40)41)31-25(43)30-13-20(34)35/h11-12,18H,6-10,13-17H2,1-5H3,(H6-,29,30,31,34,35,36,37,38,39,40,41,42,43)/p+1. The lowest BCUT2D eigenvalue weighted by atomic mass is 9.75. The van der Waals surface area contributed by atoms with E-state index in [0.717, 1.165) is 0 Å². The van der Waals surface area contributed by atoms with E-state index in [-0.39, 0.29) is 43.0 Å². The van der Waals surface area contributed by atoms with Gasteiger partial charge in [0.15, 0.2) is 12.4 Å². The molecule has 0 aromatic carbocycles. The number of aliphatic carboxylic acids is 4. The van der Waals surface area contributed by atoms with E-state index in [0.29, 0.717) is 31.5 Å². The number of carbonyl (C=O) groups excluding carboxylic acids is 2. The summed E-state index contributed by atoms with van der Waals surface area (Å²) in [5.41, 5.74) is -1.67. The number of aromatic nitrogens is 2. The van der Waals surface area contributed by atoms with Crippen LogP contribution in [0.2, 0.25) is 0 Å². The molecule has 242 valence electrons. The van der Waals surface area contributed by atoms with E-state index < -0.39 is 53.4 Å². The van der Waals surface area contributed by atoms with E-state index in [4.69, 9.17) is 5.11 Å². The van der Waals surface area contributed by atoms with Crippen LogP contribution in [0.1, 0.15) is 65.6 Å². The van der Waals surface area contributed by atoms with Crippen LogP contribution in [0.25, 0.3) is 0 Å². The van der Waals surface area contributed by atoms with Crippen LogP contribution < -0.4 is 16.0 Å². The minimum Gasteiger partial charge on any atom is -0.480 e. The first-order valence-corrected chi connectivity index (χ1v) is 13.9. The average molecular weight is 614 g/mol. The highest BCUT2D eigenvalue weighted by molar-refractivity contribution is 5.84. The largest absolute Gasteiger partial charge is 0.480 e. The van der Waals surface area contributed by atoms with Crippen molar-refractivity contribution < 1.29 is 53.7 Å². The number of carbonyl (C=O) groups is 6. The van der Waals surface area contributed by atoms with Crippen molar-refractivity contribution in [2.45, 2.75) is 84.5 Å². The number of rotatable bonds is 20. The molecule has 1 aromatic heterocycles. The van der Waals surface area contributed by atoms with Crippen molar-refractivity contribution in [1.82, 2.24) is 25.5 Å². The van der Waals surface area contributed by atoms with Gasteiger partial charge >= 0.3 is 29.9 Å². The van der Waals surface area contributed by atoms with Crippen LogP contribution in [-0.4, -0.2) is 109 Å². The number of nitrogens with one attached hydrogen (secondary N) is 3. The number of nitrogens with zero attached hydrogens (tertiary/aromatic N) is 3. The summed E-state index contributed by atoms with van der Waals surface area (Å²) in [6.45, 7) is 6.43. The highest BCUT2D eigenvalue weighted by Gasteiger charge is 2.49. The lowest BCUT2D eigenvalue weighted by Crippen LogP contribution is -2.63. The van der Waals surface area contributed by atoms with Gasteiger partial charge < -0.3 is 45.4 Å². The molecule has 0 bridgehead atoms. The van der Waals surface area contributed by atoms with Gasteiger partial charge in [0.1, 0.15) is 25.7 Å². The quantitative estimate of drug-likeness (QED) is 0.0798. The fraction of sp³-hybridized carbons (Fsp3) is 0.667. The summed E-state index contributed by atoms with van der Waals surface area (Å²) in [5.74, 6) is -4.51. The average Bonchev–Trinajstić information content (AvgIpc) is 3.30. The fourth-order valence-corrected chi connectivity index (χ4v) is 5.10. The summed E-state index contributed by atoms with van der Waals surface area (Å²) in [4.78, 5) is 74.5. The number of imidazole rings is 1. The highest BCUT2D eigenvalue weighted by Crippen LogP contribution is 2.39. The van der Waals surface area contributed by atoms with Crippen molar-refractivity contribution in [2.24, 2.45) is 5.41 Å². The molecule has 3 amide bonds. The zero-order valence-corrected chi connectivity index (χ0v) is 25.4. The third kappa shape index (κ3) is 11.5. The third-order valence-corrected chi connectivity index (χ3v) is 7.79. The van der Waals surface area contributed by atoms with Gasteiger partial charge in [0.05, 0.1) is 12.6 Å². The number of quaternary nitrogens is 1. The van der Waals surface area contributed by atoms with Crippen molar-refractivity contribution in [1.29, 1.82) is 0 Å². The first-order valence-electron chi connectivity index (χ1n) is 13.9. The van der Waals surface area contributed by atoms with E-state index in [9.17, 15) is 44.1 Å². The summed E-state index contributed by atoms with van der Waals surface area (Å²) in [6, 6.07) is -2.15. The maximum Gasteiger partial charge on any atom is 0.359 e. The number of amides is 3. The summed E-state index contributed by atoms with van der Waals surface area (Å²) in [5, 5.41) is 44.1. The summed E-state index contributed by atoms with van der Waals surface area (Å²) in [7, 11) is 1.76. The Kier molecular flexibility index (Phi) is 13.6. The van der Waals surface area contributed by atoms with Gasteiger partial charge in [-0.3, -0.25) is 14.4 Å². The Labute approximate surface area is 250 Å². The Morgan fingerprint density at radius 2 is 1.63 bits per heavy atom. The second kappa shape index (κ2) is 15.9. The summed E-state index contributed by atoms with van der Waals surface area (Å²) in [6.07, 6.45) is 4.62.